The third kappa shape index (κ3) is 6.85. The molecule has 0 fully saturated rings. The largest absolute Gasteiger partial charge is 0.573 e. The first-order valence-electron chi connectivity index (χ1n) is 12.5. The zero-order chi connectivity index (χ0) is 29.2. The highest BCUT2D eigenvalue weighted by Crippen LogP contribution is 2.32. The summed E-state index contributed by atoms with van der Waals surface area (Å²) in [5, 5.41) is 13.7. The number of halogens is 3. The van der Waals surface area contributed by atoms with Crippen molar-refractivity contribution in [3.63, 3.8) is 0 Å². The van der Waals surface area contributed by atoms with Gasteiger partial charge < -0.3 is 20.3 Å². The van der Waals surface area contributed by atoms with E-state index >= 15 is 0 Å². The third-order valence-electron chi connectivity index (χ3n) is 6.40. The minimum absolute atomic E-state index is 0.162. The molecular weight excluding hydrogens is 525 g/mol. The van der Waals surface area contributed by atoms with E-state index in [2.05, 4.69) is 26.0 Å². The van der Waals surface area contributed by atoms with Crippen LogP contribution in [0.4, 0.5) is 30.2 Å². The first-order chi connectivity index (χ1) is 18.8. The van der Waals surface area contributed by atoms with Crippen LogP contribution in [0.1, 0.15) is 27.2 Å². The van der Waals surface area contributed by atoms with Gasteiger partial charge in [0.15, 0.2) is 0 Å². The highest BCUT2D eigenvalue weighted by atomic mass is 19.4. The molecule has 40 heavy (non-hydrogen) atoms. The van der Waals surface area contributed by atoms with Crippen LogP contribution >= 0.6 is 0 Å². The topological polar surface area (TPSA) is 89.9 Å². The fourth-order valence-corrected chi connectivity index (χ4v) is 4.18. The van der Waals surface area contributed by atoms with Crippen molar-refractivity contribution >= 4 is 28.7 Å². The van der Waals surface area contributed by atoms with Gasteiger partial charge in [-0.25, -0.2) is 0 Å². The van der Waals surface area contributed by atoms with E-state index in [9.17, 15) is 18.0 Å². The number of alkyl halides is 3. The first-order valence-corrected chi connectivity index (χ1v) is 12.5. The van der Waals surface area contributed by atoms with Gasteiger partial charge in [-0.2, -0.15) is 5.10 Å². The number of hydrazine groups is 2. The Labute approximate surface area is 230 Å². The SMILES string of the molecule is Cc1ccc(C(=O)Nc2cc(NCCN(C)C)cc(OC(F)(F)F)c2)cc1N1C=C(c2cnn(C)c2C)N(C)N1. The standard InChI is InChI=1S/C27H33F3N8O2/c1-17-7-8-19(11-24(17)38-16-25(37(6)34-38)23-15-32-36(5)18(23)2)26(39)33-21-12-20(31-9-10-35(3)4)13-22(14-21)40-27(28,29)30/h7-8,11-16,31,34H,9-10H2,1-6H3,(H,33,39). The number of benzene rings is 2. The predicted molar refractivity (Wildman–Crippen MR) is 149 cm³/mol. The number of aryl methyl sites for hydroxylation is 2. The van der Waals surface area contributed by atoms with E-state index in [4.69, 9.17) is 0 Å². The lowest BCUT2D eigenvalue weighted by Crippen LogP contribution is -2.38. The van der Waals surface area contributed by atoms with Crippen molar-refractivity contribution < 1.29 is 22.7 Å². The molecule has 2 heterocycles. The third-order valence-corrected chi connectivity index (χ3v) is 6.40. The summed E-state index contributed by atoms with van der Waals surface area (Å²) < 4.78 is 44.8. The molecule has 1 amide bonds. The molecule has 3 aromatic rings. The molecule has 0 unspecified atom stereocenters. The zero-order valence-electron chi connectivity index (χ0n) is 23.2. The Morgan fingerprint density at radius 3 is 2.48 bits per heavy atom. The minimum atomic E-state index is -4.87. The van der Waals surface area contributed by atoms with Crippen LogP contribution < -0.4 is 25.9 Å². The number of likely N-dealkylation sites (N-methyl/N-ethyl adjacent to an activating group) is 1. The molecule has 1 aromatic heterocycles. The average molecular weight is 559 g/mol. The van der Waals surface area contributed by atoms with Gasteiger partial charge in [-0.05, 0) is 51.7 Å². The monoisotopic (exact) mass is 558 g/mol. The fourth-order valence-electron chi connectivity index (χ4n) is 4.18. The van der Waals surface area contributed by atoms with Crippen LogP contribution in [-0.4, -0.2) is 66.2 Å². The van der Waals surface area contributed by atoms with Crippen LogP contribution in [0.5, 0.6) is 5.75 Å². The maximum atomic E-state index is 13.2. The van der Waals surface area contributed by atoms with Crippen molar-refractivity contribution in [3.05, 3.63) is 71.2 Å². The van der Waals surface area contributed by atoms with Crippen LogP contribution in [0, 0.1) is 13.8 Å². The van der Waals surface area contributed by atoms with E-state index in [-0.39, 0.29) is 5.69 Å². The summed E-state index contributed by atoms with van der Waals surface area (Å²) in [5.41, 5.74) is 8.62. The molecule has 0 bridgehead atoms. The van der Waals surface area contributed by atoms with E-state index in [0.717, 1.165) is 34.3 Å². The number of hydrogen-bond donors (Lipinski definition) is 3. The van der Waals surface area contributed by atoms with Gasteiger partial charge in [0, 0.05) is 73.7 Å². The molecule has 1 aliphatic heterocycles. The molecule has 2 aromatic carbocycles. The lowest BCUT2D eigenvalue weighted by atomic mass is 10.1. The molecule has 1 aliphatic rings. The Morgan fingerprint density at radius 1 is 1.10 bits per heavy atom. The predicted octanol–water partition coefficient (Wildman–Crippen LogP) is 4.33. The number of amides is 1. The second-order valence-corrected chi connectivity index (χ2v) is 9.79. The van der Waals surface area contributed by atoms with E-state index in [1.165, 1.54) is 6.07 Å². The van der Waals surface area contributed by atoms with Crippen molar-refractivity contribution in [2.75, 3.05) is 49.9 Å². The molecule has 0 saturated heterocycles. The Kier molecular flexibility index (Phi) is 8.26. The number of anilines is 3. The fraction of sp³-hybridized carbons (Fsp3) is 0.333. The van der Waals surface area contributed by atoms with Gasteiger partial charge in [-0.3, -0.25) is 19.5 Å². The Morgan fingerprint density at radius 2 is 1.82 bits per heavy atom. The Hall–Kier alpha value is -4.23. The van der Waals surface area contributed by atoms with Crippen LogP contribution in [0.25, 0.3) is 5.70 Å². The Bertz CT molecular complexity index is 1420. The van der Waals surface area contributed by atoms with Crippen molar-refractivity contribution in [1.29, 1.82) is 0 Å². The van der Waals surface area contributed by atoms with Crippen molar-refractivity contribution in [2.24, 2.45) is 7.05 Å². The second-order valence-electron chi connectivity index (χ2n) is 9.79. The van der Waals surface area contributed by atoms with Crippen molar-refractivity contribution in [3.8, 4) is 5.75 Å². The van der Waals surface area contributed by atoms with Gasteiger partial charge in [0.2, 0.25) is 0 Å². The zero-order valence-corrected chi connectivity index (χ0v) is 23.2. The summed E-state index contributed by atoms with van der Waals surface area (Å²) in [7, 11) is 7.53. The molecule has 0 atom stereocenters. The summed E-state index contributed by atoms with van der Waals surface area (Å²) in [4.78, 5) is 15.2. The van der Waals surface area contributed by atoms with Gasteiger partial charge in [-0.15, -0.1) is 18.7 Å². The molecular formula is C27H33F3N8O2. The smallest absolute Gasteiger partial charge is 0.406 e. The summed E-state index contributed by atoms with van der Waals surface area (Å²) >= 11 is 0. The van der Waals surface area contributed by atoms with Gasteiger partial charge in [0.05, 0.1) is 17.6 Å². The molecule has 0 saturated carbocycles. The molecule has 214 valence electrons. The molecule has 10 nitrogen and oxygen atoms in total. The van der Waals surface area contributed by atoms with Gasteiger partial charge >= 0.3 is 6.36 Å². The second kappa shape index (κ2) is 11.5. The van der Waals surface area contributed by atoms with Crippen LogP contribution in [-0.2, 0) is 7.05 Å². The summed E-state index contributed by atoms with van der Waals surface area (Å²) in [6.07, 6.45) is -1.16. The average Bonchev–Trinajstić information content (AvgIpc) is 3.39. The normalized spacial score (nSPS) is 13.6. The number of carbonyl (C=O) groups excluding carboxylic acids is 1. The quantitative estimate of drug-likeness (QED) is 0.358. The molecule has 0 radical (unpaired) electrons. The van der Waals surface area contributed by atoms with E-state index < -0.39 is 18.0 Å². The number of hydrogen-bond acceptors (Lipinski definition) is 8. The highest BCUT2D eigenvalue weighted by molar-refractivity contribution is 6.05. The lowest BCUT2D eigenvalue weighted by Gasteiger charge is -2.22. The summed E-state index contributed by atoms with van der Waals surface area (Å²) in [5.74, 6) is -0.917. The van der Waals surface area contributed by atoms with E-state index in [1.807, 2.05) is 64.2 Å². The molecule has 13 heteroatoms. The number of aromatic nitrogens is 2. The van der Waals surface area contributed by atoms with Crippen LogP contribution in [0.15, 0.2) is 48.8 Å². The lowest BCUT2D eigenvalue weighted by molar-refractivity contribution is -0.274. The number of rotatable bonds is 9. The van der Waals surface area contributed by atoms with E-state index in [0.29, 0.717) is 24.3 Å². The minimum Gasteiger partial charge on any atom is -0.406 e. The van der Waals surface area contributed by atoms with Crippen LogP contribution in [0.2, 0.25) is 0 Å². The Balaban J connectivity index is 1.57. The maximum Gasteiger partial charge on any atom is 0.573 e. The molecule has 0 spiro atoms. The highest BCUT2D eigenvalue weighted by Gasteiger charge is 2.31. The molecule has 4 rings (SSSR count). The molecule has 0 aliphatic carbocycles. The number of carbonyl (C=O) groups is 1. The summed E-state index contributed by atoms with van der Waals surface area (Å²) in [6, 6.07) is 9.13. The van der Waals surface area contributed by atoms with Gasteiger partial charge in [-0.1, -0.05) is 6.07 Å². The number of ether oxygens (including phenoxy) is 1. The number of nitrogens with one attached hydrogen (secondary N) is 3. The van der Waals surface area contributed by atoms with E-state index in [1.54, 1.807) is 34.1 Å². The van der Waals surface area contributed by atoms with Crippen molar-refractivity contribution in [2.45, 2.75) is 20.2 Å². The summed E-state index contributed by atoms with van der Waals surface area (Å²) in [6.45, 7) is 5.05. The number of nitrogens with zero attached hydrogens (tertiary/aromatic N) is 5. The van der Waals surface area contributed by atoms with Crippen molar-refractivity contribution in [1.82, 2.24) is 25.2 Å². The first kappa shape index (κ1) is 28.8. The van der Waals surface area contributed by atoms with Gasteiger partial charge in [0.25, 0.3) is 5.91 Å². The molecule has 3 N–H and O–H groups in total. The maximum absolute atomic E-state index is 13.2. The van der Waals surface area contributed by atoms with Crippen LogP contribution in [0.3, 0.4) is 0 Å². The van der Waals surface area contributed by atoms with Gasteiger partial charge in [0.1, 0.15) is 5.75 Å².